The van der Waals surface area contributed by atoms with E-state index >= 15 is 0 Å². The van der Waals surface area contributed by atoms with Crippen LogP contribution in [0.25, 0.3) is 0 Å². The molecule has 1 N–H and O–H groups in total. The number of esters is 1. The lowest BCUT2D eigenvalue weighted by atomic mass is 9.99. The molecule has 0 aliphatic heterocycles. The van der Waals surface area contributed by atoms with Crippen LogP contribution in [-0.4, -0.2) is 19.6 Å². The Morgan fingerprint density at radius 1 is 1.24 bits per heavy atom. The lowest BCUT2D eigenvalue weighted by Crippen LogP contribution is -2.22. The third-order valence-corrected chi connectivity index (χ3v) is 3.31. The highest BCUT2D eigenvalue weighted by atomic mass is 19.1. The molecule has 110 valence electrons. The molecule has 0 saturated heterocycles. The van der Waals surface area contributed by atoms with E-state index in [2.05, 4.69) is 5.32 Å². The number of carbonyl (C=O) groups excluding carboxylic acids is 1. The van der Waals surface area contributed by atoms with Crippen molar-refractivity contribution >= 4 is 11.7 Å². The van der Waals surface area contributed by atoms with Gasteiger partial charge >= 0.3 is 5.97 Å². The van der Waals surface area contributed by atoms with Crippen molar-refractivity contribution in [3.8, 4) is 0 Å². The Balaban J connectivity index is 2.15. The summed E-state index contributed by atoms with van der Waals surface area (Å²) in [5.74, 6) is -1.15. The average molecular weight is 287 g/mol. The topological polar surface area (TPSA) is 38.3 Å². The Morgan fingerprint density at radius 2 is 1.95 bits per heavy atom. The standard InChI is InChI=1S/C17H18FNO2/c1-12-8-9-16(15(18)10-12)19-11-14(17(20)21-2)13-6-4-3-5-7-13/h3-10,14,19H,11H2,1-2H3. The molecule has 0 bridgehead atoms. The molecule has 2 rings (SSSR count). The minimum atomic E-state index is -0.475. The number of ether oxygens (including phenoxy) is 1. The molecule has 0 aliphatic carbocycles. The molecule has 0 fully saturated rings. The maximum absolute atomic E-state index is 13.8. The molecule has 0 aromatic heterocycles. The molecule has 0 radical (unpaired) electrons. The van der Waals surface area contributed by atoms with Gasteiger partial charge in [0.05, 0.1) is 18.7 Å². The van der Waals surface area contributed by atoms with Gasteiger partial charge in [0.1, 0.15) is 5.82 Å². The molecule has 0 saturated carbocycles. The predicted octanol–water partition coefficient (Wildman–Crippen LogP) is 3.50. The van der Waals surface area contributed by atoms with Gasteiger partial charge in [-0.15, -0.1) is 0 Å². The smallest absolute Gasteiger partial charge is 0.314 e. The van der Waals surface area contributed by atoms with Crippen molar-refractivity contribution in [3.63, 3.8) is 0 Å². The molecule has 4 heteroatoms. The van der Waals surface area contributed by atoms with Crippen molar-refractivity contribution in [2.75, 3.05) is 19.0 Å². The van der Waals surface area contributed by atoms with Crippen LogP contribution in [-0.2, 0) is 9.53 Å². The number of nitrogens with one attached hydrogen (secondary N) is 1. The van der Waals surface area contributed by atoms with Crippen LogP contribution in [0.4, 0.5) is 10.1 Å². The quantitative estimate of drug-likeness (QED) is 0.855. The first kappa shape index (κ1) is 15.0. The van der Waals surface area contributed by atoms with E-state index in [4.69, 9.17) is 4.74 Å². The van der Waals surface area contributed by atoms with Crippen LogP contribution in [0.2, 0.25) is 0 Å². The van der Waals surface area contributed by atoms with E-state index < -0.39 is 5.92 Å². The molecule has 2 aromatic rings. The summed E-state index contributed by atoms with van der Waals surface area (Å²) in [6.45, 7) is 2.10. The highest BCUT2D eigenvalue weighted by molar-refractivity contribution is 5.78. The first-order valence-corrected chi connectivity index (χ1v) is 6.74. The van der Waals surface area contributed by atoms with Crippen LogP contribution in [0.1, 0.15) is 17.0 Å². The fourth-order valence-corrected chi connectivity index (χ4v) is 2.14. The largest absolute Gasteiger partial charge is 0.468 e. The van der Waals surface area contributed by atoms with Crippen molar-refractivity contribution in [1.29, 1.82) is 0 Å². The fraction of sp³-hybridized carbons (Fsp3) is 0.235. The fourth-order valence-electron chi connectivity index (χ4n) is 2.14. The van der Waals surface area contributed by atoms with Gasteiger partial charge in [-0.2, -0.15) is 0 Å². The zero-order valence-electron chi connectivity index (χ0n) is 12.1. The normalized spacial score (nSPS) is 11.8. The molecule has 3 nitrogen and oxygen atoms in total. The summed E-state index contributed by atoms with van der Waals surface area (Å²) < 4.78 is 18.6. The van der Waals surface area contributed by atoms with Crippen molar-refractivity contribution in [1.82, 2.24) is 0 Å². The van der Waals surface area contributed by atoms with Gasteiger partial charge in [-0.1, -0.05) is 36.4 Å². The number of aryl methyl sites for hydroxylation is 1. The van der Waals surface area contributed by atoms with E-state index in [1.807, 2.05) is 43.3 Å². The molecule has 0 spiro atoms. The minimum absolute atomic E-state index is 0.274. The molecule has 0 aliphatic rings. The Bertz CT molecular complexity index is 613. The van der Waals surface area contributed by atoms with E-state index in [0.29, 0.717) is 5.69 Å². The van der Waals surface area contributed by atoms with Gasteiger partial charge in [-0.3, -0.25) is 4.79 Å². The summed E-state index contributed by atoms with van der Waals surface area (Å²) in [6, 6.07) is 14.3. The van der Waals surface area contributed by atoms with Crippen LogP contribution >= 0.6 is 0 Å². The van der Waals surface area contributed by atoms with E-state index in [0.717, 1.165) is 11.1 Å². The lowest BCUT2D eigenvalue weighted by molar-refractivity contribution is -0.142. The molecule has 0 amide bonds. The lowest BCUT2D eigenvalue weighted by Gasteiger charge is -2.17. The molecule has 2 aromatic carbocycles. The van der Waals surface area contributed by atoms with Crippen LogP contribution in [0.3, 0.4) is 0 Å². The second-order valence-electron chi connectivity index (χ2n) is 4.85. The van der Waals surface area contributed by atoms with Crippen LogP contribution in [0, 0.1) is 12.7 Å². The molecular weight excluding hydrogens is 269 g/mol. The molecule has 1 unspecified atom stereocenters. The van der Waals surface area contributed by atoms with Gasteiger partial charge in [0.2, 0.25) is 0 Å². The van der Waals surface area contributed by atoms with E-state index in [9.17, 15) is 9.18 Å². The van der Waals surface area contributed by atoms with Crippen molar-refractivity contribution in [2.24, 2.45) is 0 Å². The highest BCUT2D eigenvalue weighted by Gasteiger charge is 2.21. The number of methoxy groups -OCH3 is 1. The average Bonchev–Trinajstić information content (AvgIpc) is 2.50. The summed E-state index contributed by atoms with van der Waals surface area (Å²) in [5, 5.41) is 2.98. The number of hydrogen-bond donors (Lipinski definition) is 1. The van der Waals surface area contributed by atoms with Gasteiger partial charge in [0.15, 0.2) is 0 Å². The van der Waals surface area contributed by atoms with Crippen molar-refractivity contribution in [2.45, 2.75) is 12.8 Å². The summed E-state index contributed by atoms with van der Waals surface area (Å²) in [4.78, 5) is 11.9. The Labute approximate surface area is 123 Å². The summed E-state index contributed by atoms with van der Waals surface area (Å²) >= 11 is 0. The summed E-state index contributed by atoms with van der Waals surface area (Å²) in [6.07, 6.45) is 0. The Hall–Kier alpha value is -2.36. The number of hydrogen-bond acceptors (Lipinski definition) is 3. The number of anilines is 1. The SMILES string of the molecule is COC(=O)C(CNc1ccc(C)cc1F)c1ccccc1. The Morgan fingerprint density at radius 3 is 2.57 bits per heavy atom. The van der Waals surface area contributed by atoms with Gasteiger partial charge in [0, 0.05) is 6.54 Å². The third kappa shape index (κ3) is 3.81. The van der Waals surface area contributed by atoms with E-state index in [1.54, 1.807) is 6.07 Å². The Kier molecular flexibility index (Phi) is 4.93. The second-order valence-corrected chi connectivity index (χ2v) is 4.85. The second kappa shape index (κ2) is 6.88. The van der Waals surface area contributed by atoms with Gasteiger partial charge < -0.3 is 10.1 Å². The number of benzene rings is 2. The summed E-state index contributed by atoms with van der Waals surface area (Å²) in [5.41, 5.74) is 2.07. The first-order chi connectivity index (χ1) is 10.1. The van der Waals surface area contributed by atoms with Gasteiger partial charge in [0.25, 0.3) is 0 Å². The summed E-state index contributed by atoms with van der Waals surface area (Å²) in [7, 11) is 1.35. The van der Waals surface area contributed by atoms with Gasteiger partial charge in [-0.05, 0) is 30.2 Å². The van der Waals surface area contributed by atoms with E-state index in [1.165, 1.54) is 13.2 Å². The van der Waals surface area contributed by atoms with Crippen LogP contribution in [0.5, 0.6) is 0 Å². The molecular formula is C17H18FNO2. The van der Waals surface area contributed by atoms with Crippen molar-refractivity contribution < 1.29 is 13.9 Å². The number of rotatable bonds is 5. The third-order valence-electron chi connectivity index (χ3n) is 3.31. The predicted molar refractivity (Wildman–Crippen MR) is 80.8 cm³/mol. The molecule has 0 heterocycles. The van der Waals surface area contributed by atoms with Crippen LogP contribution in [0.15, 0.2) is 48.5 Å². The highest BCUT2D eigenvalue weighted by Crippen LogP contribution is 2.20. The number of carbonyl (C=O) groups is 1. The molecule has 21 heavy (non-hydrogen) atoms. The first-order valence-electron chi connectivity index (χ1n) is 6.74. The van der Waals surface area contributed by atoms with Gasteiger partial charge in [-0.25, -0.2) is 4.39 Å². The zero-order chi connectivity index (χ0) is 15.2. The van der Waals surface area contributed by atoms with Crippen molar-refractivity contribution in [3.05, 3.63) is 65.5 Å². The maximum atomic E-state index is 13.8. The van der Waals surface area contributed by atoms with E-state index in [-0.39, 0.29) is 18.3 Å². The molecule has 1 atom stereocenters. The number of halogens is 1. The van der Waals surface area contributed by atoms with Crippen LogP contribution < -0.4 is 5.32 Å². The monoisotopic (exact) mass is 287 g/mol. The minimum Gasteiger partial charge on any atom is -0.468 e. The maximum Gasteiger partial charge on any atom is 0.314 e. The zero-order valence-corrected chi connectivity index (χ0v) is 12.1.